The molecule has 0 saturated carbocycles. The smallest absolute Gasteiger partial charge is 0.253 e. The number of rotatable bonds is 3. The summed E-state index contributed by atoms with van der Waals surface area (Å²) in [5, 5.41) is 12.7. The monoisotopic (exact) mass is 421 g/mol. The van der Waals surface area contributed by atoms with Gasteiger partial charge in [0.1, 0.15) is 0 Å². The molecular weight excluding hydrogens is 398 g/mol. The summed E-state index contributed by atoms with van der Waals surface area (Å²) in [7, 11) is 0. The van der Waals surface area contributed by atoms with Gasteiger partial charge in [-0.2, -0.15) is 0 Å². The van der Waals surface area contributed by atoms with Crippen molar-refractivity contribution in [3.63, 3.8) is 0 Å². The zero-order chi connectivity index (χ0) is 20.9. The highest BCUT2D eigenvalue weighted by atomic mass is 35.5. The number of hydrogen-bond acceptors (Lipinski definition) is 3. The van der Waals surface area contributed by atoms with E-state index in [-0.39, 0.29) is 23.8 Å². The molecular formula is C25H24ClNO3. The first kappa shape index (κ1) is 19.6. The van der Waals surface area contributed by atoms with Crippen molar-refractivity contribution in [2.24, 2.45) is 11.3 Å². The minimum absolute atomic E-state index is 0.0168. The number of likely N-dealkylation sites (tertiary alicyclic amines) is 1. The minimum atomic E-state index is -0.301. The first-order valence-corrected chi connectivity index (χ1v) is 10.7. The average molecular weight is 422 g/mol. The van der Waals surface area contributed by atoms with Crippen molar-refractivity contribution in [3.05, 3.63) is 70.7 Å². The van der Waals surface area contributed by atoms with E-state index in [2.05, 4.69) is 12.1 Å². The van der Waals surface area contributed by atoms with Gasteiger partial charge in [-0.1, -0.05) is 41.9 Å². The third kappa shape index (κ3) is 3.20. The number of amides is 1. The maximum Gasteiger partial charge on any atom is 0.253 e. The molecule has 2 aliphatic rings. The molecule has 0 unspecified atom stereocenters. The van der Waals surface area contributed by atoms with E-state index in [0.717, 1.165) is 32.5 Å². The third-order valence-electron chi connectivity index (χ3n) is 6.60. The zero-order valence-corrected chi connectivity index (χ0v) is 17.7. The molecule has 5 heteroatoms. The van der Waals surface area contributed by atoms with Crippen molar-refractivity contribution >= 4 is 28.3 Å². The SMILES string of the molecule is Cc1cc(Cl)cc(-c2cccc3cc(C(=O)N4C[C@H]5COC[C@@]5(CO)C4)ccc23)c1. The van der Waals surface area contributed by atoms with Gasteiger partial charge in [0.2, 0.25) is 0 Å². The Morgan fingerprint density at radius 1 is 1.23 bits per heavy atom. The topological polar surface area (TPSA) is 49.8 Å². The molecule has 154 valence electrons. The van der Waals surface area contributed by atoms with Crippen LogP contribution in [-0.2, 0) is 4.74 Å². The van der Waals surface area contributed by atoms with Crippen molar-refractivity contribution < 1.29 is 14.6 Å². The van der Waals surface area contributed by atoms with Crippen LogP contribution in [-0.4, -0.2) is 48.8 Å². The van der Waals surface area contributed by atoms with Gasteiger partial charge >= 0.3 is 0 Å². The normalized spacial score (nSPS) is 23.2. The fourth-order valence-corrected chi connectivity index (χ4v) is 5.24. The highest BCUT2D eigenvalue weighted by molar-refractivity contribution is 6.31. The summed E-state index contributed by atoms with van der Waals surface area (Å²) in [4.78, 5) is 15.1. The van der Waals surface area contributed by atoms with E-state index in [1.54, 1.807) is 0 Å². The van der Waals surface area contributed by atoms with Gasteiger partial charge in [-0.05, 0) is 58.7 Å². The first-order valence-electron chi connectivity index (χ1n) is 10.3. The number of halogens is 1. The van der Waals surface area contributed by atoms with Crippen LogP contribution in [0.2, 0.25) is 5.02 Å². The predicted molar refractivity (Wildman–Crippen MR) is 119 cm³/mol. The fourth-order valence-electron chi connectivity index (χ4n) is 4.95. The molecule has 1 amide bonds. The molecule has 2 saturated heterocycles. The van der Waals surface area contributed by atoms with Crippen molar-refractivity contribution in [3.8, 4) is 11.1 Å². The highest BCUT2D eigenvalue weighted by Gasteiger charge is 2.51. The van der Waals surface area contributed by atoms with E-state index < -0.39 is 0 Å². The number of aryl methyl sites for hydroxylation is 1. The summed E-state index contributed by atoms with van der Waals surface area (Å²) in [5.41, 5.74) is 3.66. The van der Waals surface area contributed by atoms with Crippen LogP contribution in [0, 0.1) is 18.3 Å². The van der Waals surface area contributed by atoms with Gasteiger partial charge < -0.3 is 14.7 Å². The van der Waals surface area contributed by atoms with Gasteiger partial charge in [-0.3, -0.25) is 4.79 Å². The largest absolute Gasteiger partial charge is 0.396 e. The first-order chi connectivity index (χ1) is 14.5. The number of aliphatic hydroxyl groups is 1. The summed E-state index contributed by atoms with van der Waals surface area (Å²) in [5.74, 6) is 0.229. The zero-order valence-electron chi connectivity index (χ0n) is 16.9. The lowest BCUT2D eigenvalue weighted by atomic mass is 9.82. The van der Waals surface area contributed by atoms with E-state index in [9.17, 15) is 9.90 Å². The lowest BCUT2D eigenvalue weighted by Crippen LogP contribution is -2.36. The Hall–Kier alpha value is -2.40. The Labute approximate surface area is 181 Å². The van der Waals surface area contributed by atoms with E-state index in [1.807, 2.05) is 54.3 Å². The average Bonchev–Trinajstić information content (AvgIpc) is 3.29. The Bertz CT molecular complexity index is 1120. The predicted octanol–water partition coefficient (Wildman–Crippen LogP) is 4.55. The second kappa shape index (κ2) is 7.38. The number of carbonyl (C=O) groups excluding carboxylic acids is 1. The van der Waals surface area contributed by atoms with Gasteiger partial charge in [0, 0.05) is 35.0 Å². The molecule has 0 aliphatic carbocycles. The fraction of sp³-hybridized carbons (Fsp3) is 0.320. The number of aliphatic hydroxyl groups excluding tert-OH is 1. The molecule has 3 aromatic rings. The maximum absolute atomic E-state index is 13.2. The Morgan fingerprint density at radius 3 is 2.87 bits per heavy atom. The lowest BCUT2D eigenvalue weighted by molar-refractivity contribution is 0.0631. The van der Waals surface area contributed by atoms with Crippen LogP contribution >= 0.6 is 11.6 Å². The third-order valence-corrected chi connectivity index (χ3v) is 6.82. The molecule has 0 spiro atoms. The van der Waals surface area contributed by atoms with E-state index >= 15 is 0 Å². The molecule has 4 nitrogen and oxygen atoms in total. The summed E-state index contributed by atoms with van der Waals surface area (Å²) in [6, 6.07) is 18.1. The van der Waals surface area contributed by atoms with Gasteiger partial charge in [-0.15, -0.1) is 0 Å². The lowest BCUT2D eigenvalue weighted by Gasteiger charge is -2.24. The summed E-state index contributed by atoms with van der Waals surface area (Å²) >= 11 is 6.28. The summed E-state index contributed by atoms with van der Waals surface area (Å²) < 4.78 is 5.56. The van der Waals surface area contributed by atoms with Gasteiger partial charge in [0.05, 0.1) is 19.8 Å². The molecule has 2 heterocycles. The van der Waals surface area contributed by atoms with Crippen molar-refractivity contribution in [1.29, 1.82) is 0 Å². The number of hydrogen-bond donors (Lipinski definition) is 1. The molecule has 2 fully saturated rings. The molecule has 0 radical (unpaired) electrons. The molecule has 0 bridgehead atoms. The molecule has 1 N–H and O–H groups in total. The Balaban J connectivity index is 1.48. The summed E-state index contributed by atoms with van der Waals surface area (Å²) in [6.07, 6.45) is 0. The van der Waals surface area contributed by atoms with Crippen LogP contribution in [0.3, 0.4) is 0 Å². The number of nitrogens with zero attached hydrogens (tertiary/aromatic N) is 1. The van der Waals surface area contributed by atoms with Gasteiger partial charge in [0.15, 0.2) is 0 Å². The van der Waals surface area contributed by atoms with Crippen molar-refractivity contribution in [2.45, 2.75) is 6.92 Å². The highest BCUT2D eigenvalue weighted by Crippen LogP contribution is 2.41. The van der Waals surface area contributed by atoms with Crippen LogP contribution in [0.5, 0.6) is 0 Å². The van der Waals surface area contributed by atoms with Crippen LogP contribution in [0.1, 0.15) is 15.9 Å². The van der Waals surface area contributed by atoms with Crippen molar-refractivity contribution in [1.82, 2.24) is 4.90 Å². The van der Waals surface area contributed by atoms with Crippen LogP contribution < -0.4 is 0 Å². The Kier molecular flexibility index (Phi) is 4.81. The number of benzene rings is 3. The van der Waals surface area contributed by atoms with Crippen LogP contribution in [0.15, 0.2) is 54.6 Å². The Morgan fingerprint density at radius 2 is 2.10 bits per heavy atom. The number of fused-ring (bicyclic) bond motifs is 2. The van der Waals surface area contributed by atoms with Crippen LogP contribution in [0.4, 0.5) is 0 Å². The number of ether oxygens (including phenoxy) is 1. The van der Waals surface area contributed by atoms with Crippen molar-refractivity contribution in [2.75, 3.05) is 32.9 Å². The summed E-state index contributed by atoms with van der Waals surface area (Å²) in [6.45, 7) is 4.42. The quantitative estimate of drug-likeness (QED) is 0.675. The second-order valence-corrected chi connectivity index (χ2v) is 9.11. The van der Waals surface area contributed by atoms with Gasteiger partial charge in [-0.25, -0.2) is 0 Å². The van der Waals surface area contributed by atoms with E-state index in [0.29, 0.717) is 31.9 Å². The minimum Gasteiger partial charge on any atom is -0.396 e. The standard InChI is InChI=1S/C25H24ClNO3/c1-16-7-19(10-21(26)8-16)22-4-2-3-17-9-18(5-6-23(17)22)24(29)27-11-20-12-30-15-25(20,13-27)14-28/h2-10,20,28H,11-15H2,1H3/t20-,25-/m0/s1. The van der Waals surface area contributed by atoms with Gasteiger partial charge in [0.25, 0.3) is 5.91 Å². The van der Waals surface area contributed by atoms with E-state index in [1.165, 1.54) is 0 Å². The second-order valence-electron chi connectivity index (χ2n) is 8.68. The molecule has 0 aromatic heterocycles. The maximum atomic E-state index is 13.2. The molecule has 2 aliphatic heterocycles. The van der Waals surface area contributed by atoms with Crippen LogP contribution in [0.25, 0.3) is 21.9 Å². The number of carbonyl (C=O) groups is 1. The molecule has 30 heavy (non-hydrogen) atoms. The molecule has 5 rings (SSSR count). The molecule has 2 atom stereocenters. The molecule has 3 aromatic carbocycles. The van der Waals surface area contributed by atoms with E-state index in [4.69, 9.17) is 16.3 Å².